The molecule has 2 atom stereocenters. The van der Waals surface area contributed by atoms with Gasteiger partial charge in [0.1, 0.15) is 0 Å². The van der Waals surface area contributed by atoms with Crippen LogP contribution < -0.4 is 16.8 Å². The van der Waals surface area contributed by atoms with Crippen molar-refractivity contribution in [3.8, 4) is 0 Å². The number of nitrogen functional groups attached to an aromatic ring is 2. The van der Waals surface area contributed by atoms with Gasteiger partial charge in [0.05, 0.1) is 5.56 Å². The molecule has 3 rings (SSSR count). The first-order valence-electron chi connectivity index (χ1n) is 7.69. The molecule has 0 radical (unpaired) electrons. The lowest BCUT2D eigenvalue weighted by molar-refractivity contribution is 0.0918. The van der Waals surface area contributed by atoms with Gasteiger partial charge in [-0.05, 0) is 56.8 Å². The maximum atomic E-state index is 12.2. The SMILES string of the molecule is CN1C2CCC1CC(CNC(=O)c1ccc(N)cc1N)C2. The number of fused-ring (bicyclic) bond motifs is 2. The van der Waals surface area contributed by atoms with Crippen LogP contribution in [0.3, 0.4) is 0 Å². The molecule has 5 N–H and O–H groups in total. The number of benzene rings is 1. The smallest absolute Gasteiger partial charge is 0.253 e. The van der Waals surface area contributed by atoms with E-state index in [1.165, 1.54) is 25.7 Å². The second-order valence-electron chi connectivity index (χ2n) is 6.44. The van der Waals surface area contributed by atoms with Gasteiger partial charge in [-0.1, -0.05) is 0 Å². The van der Waals surface area contributed by atoms with E-state index in [9.17, 15) is 4.79 Å². The summed E-state index contributed by atoms with van der Waals surface area (Å²) in [5.41, 5.74) is 13.0. The predicted octanol–water partition coefficient (Wildman–Crippen LogP) is 1.45. The maximum Gasteiger partial charge on any atom is 0.253 e. The summed E-state index contributed by atoms with van der Waals surface area (Å²) in [6.45, 7) is 0.740. The number of piperidine rings is 1. The fraction of sp³-hybridized carbons (Fsp3) is 0.562. The zero-order valence-corrected chi connectivity index (χ0v) is 12.5. The molecule has 2 heterocycles. The van der Waals surface area contributed by atoms with Gasteiger partial charge in [0.25, 0.3) is 5.91 Å². The molecule has 5 nitrogen and oxygen atoms in total. The molecule has 2 aliphatic rings. The summed E-state index contributed by atoms with van der Waals surface area (Å²) >= 11 is 0. The average molecular weight is 288 g/mol. The van der Waals surface area contributed by atoms with Crippen LogP contribution in [0, 0.1) is 5.92 Å². The van der Waals surface area contributed by atoms with Crippen molar-refractivity contribution in [3.05, 3.63) is 23.8 Å². The second-order valence-corrected chi connectivity index (χ2v) is 6.44. The lowest BCUT2D eigenvalue weighted by atomic mass is 9.91. The number of anilines is 2. The molecule has 2 fully saturated rings. The zero-order valence-electron chi connectivity index (χ0n) is 12.5. The van der Waals surface area contributed by atoms with E-state index in [-0.39, 0.29) is 5.91 Å². The van der Waals surface area contributed by atoms with Gasteiger partial charge in [0, 0.05) is 30.0 Å². The monoisotopic (exact) mass is 288 g/mol. The third-order valence-electron chi connectivity index (χ3n) is 5.07. The van der Waals surface area contributed by atoms with Gasteiger partial charge in [0.2, 0.25) is 0 Å². The topological polar surface area (TPSA) is 84.4 Å². The van der Waals surface area contributed by atoms with Crippen LogP contribution in [-0.2, 0) is 0 Å². The predicted molar refractivity (Wildman–Crippen MR) is 84.9 cm³/mol. The van der Waals surface area contributed by atoms with Crippen molar-refractivity contribution < 1.29 is 4.79 Å². The Labute approximate surface area is 125 Å². The van der Waals surface area contributed by atoms with Crippen LogP contribution in [-0.4, -0.2) is 36.5 Å². The van der Waals surface area contributed by atoms with E-state index >= 15 is 0 Å². The van der Waals surface area contributed by atoms with E-state index in [0.717, 1.165) is 6.54 Å². The highest BCUT2D eigenvalue weighted by molar-refractivity contribution is 5.99. The van der Waals surface area contributed by atoms with Gasteiger partial charge in [-0.2, -0.15) is 0 Å². The zero-order chi connectivity index (χ0) is 15.0. The van der Waals surface area contributed by atoms with E-state index in [0.29, 0.717) is 34.9 Å². The van der Waals surface area contributed by atoms with E-state index in [2.05, 4.69) is 17.3 Å². The van der Waals surface area contributed by atoms with E-state index < -0.39 is 0 Å². The minimum atomic E-state index is -0.0984. The Kier molecular flexibility index (Phi) is 3.76. The van der Waals surface area contributed by atoms with Gasteiger partial charge >= 0.3 is 0 Å². The van der Waals surface area contributed by atoms with Gasteiger partial charge in [-0.25, -0.2) is 0 Å². The lowest BCUT2D eigenvalue weighted by Crippen LogP contribution is -2.43. The Morgan fingerprint density at radius 2 is 1.95 bits per heavy atom. The average Bonchev–Trinajstić information content (AvgIpc) is 2.67. The maximum absolute atomic E-state index is 12.2. The molecule has 0 aromatic heterocycles. The van der Waals surface area contributed by atoms with Crippen molar-refractivity contribution in [2.45, 2.75) is 37.8 Å². The number of nitrogens with zero attached hydrogens (tertiary/aromatic N) is 1. The number of hydrogen-bond acceptors (Lipinski definition) is 4. The molecule has 1 aromatic carbocycles. The van der Waals surface area contributed by atoms with Crippen molar-refractivity contribution in [2.24, 2.45) is 5.92 Å². The molecule has 1 amide bonds. The van der Waals surface area contributed by atoms with Crippen LogP contribution >= 0.6 is 0 Å². The second kappa shape index (κ2) is 5.56. The largest absolute Gasteiger partial charge is 0.399 e. The van der Waals surface area contributed by atoms with Crippen LogP contribution in [0.15, 0.2) is 18.2 Å². The summed E-state index contributed by atoms with van der Waals surface area (Å²) in [4.78, 5) is 14.7. The summed E-state index contributed by atoms with van der Waals surface area (Å²) in [6.07, 6.45) is 4.97. The Bertz CT molecular complexity index is 531. The Morgan fingerprint density at radius 3 is 2.57 bits per heavy atom. The number of nitrogens with one attached hydrogen (secondary N) is 1. The minimum absolute atomic E-state index is 0.0984. The standard InChI is InChI=1S/C16H24N4O/c1-20-12-3-4-13(20)7-10(6-12)9-19-16(21)14-5-2-11(17)8-15(14)18/h2,5,8,10,12-13H,3-4,6-7,9,17-18H2,1H3,(H,19,21). The van der Waals surface area contributed by atoms with Crippen LogP contribution in [0.4, 0.5) is 11.4 Å². The number of hydrogen-bond donors (Lipinski definition) is 3. The van der Waals surface area contributed by atoms with Gasteiger partial charge in [-0.15, -0.1) is 0 Å². The normalized spacial score (nSPS) is 28.5. The third kappa shape index (κ3) is 2.83. The first-order valence-corrected chi connectivity index (χ1v) is 7.69. The van der Waals surface area contributed by atoms with E-state index in [1.807, 2.05) is 0 Å². The van der Waals surface area contributed by atoms with Gasteiger partial charge in [-0.3, -0.25) is 4.79 Å². The van der Waals surface area contributed by atoms with Crippen LogP contribution in [0.25, 0.3) is 0 Å². The summed E-state index contributed by atoms with van der Waals surface area (Å²) in [6, 6.07) is 6.43. The quantitative estimate of drug-likeness (QED) is 0.735. The fourth-order valence-electron chi connectivity index (χ4n) is 3.81. The number of amides is 1. The van der Waals surface area contributed by atoms with Crippen LogP contribution in [0.5, 0.6) is 0 Å². The highest BCUT2D eigenvalue weighted by atomic mass is 16.1. The molecule has 0 saturated carbocycles. The number of nitrogens with two attached hydrogens (primary N) is 2. The van der Waals surface area contributed by atoms with Crippen molar-refractivity contribution in [3.63, 3.8) is 0 Å². The summed E-state index contributed by atoms with van der Waals surface area (Å²) < 4.78 is 0. The lowest BCUT2D eigenvalue weighted by Gasteiger charge is -2.36. The first-order chi connectivity index (χ1) is 10.0. The molecule has 0 spiro atoms. The molecule has 1 aromatic rings. The molecule has 21 heavy (non-hydrogen) atoms. The Hall–Kier alpha value is -1.75. The number of carbonyl (C=O) groups is 1. The van der Waals surface area contributed by atoms with E-state index in [4.69, 9.17) is 11.5 Å². The molecule has 2 saturated heterocycles. The number of carbonyl (C=O) groups excluding carboxylic acids is 1. The third-order valence-corrected chi connectivity index (χ3v) is 5.07. The molecule has 2 bridgehead atoms. The first kappa shape index (κ1) is 14.2. The molecule has 0 aliphatic carbocycles. The highest BCUT2D eigenvalue weighted by Gasteiger charge is 2.38. The fourth-order valence-corrected chi connectivity index (χ4v) is 3.81. The van der Waals surface area contributed by atoms with Gasteiger partial charge in [0.15, 0.2) is 0 Å². The molecule has 114 valence electrons. The van der Waals surface area contributed by atoms with Crippen molar-refractivity contribution >= 4 is 17.3 Å². The highest BCUT2D eigenvalue weighted by Crippen LogP contribution is 2.37. The van der Waals surface area contributed by atoms with E-state index in [1.54, 1.807) is 18.2 Å². The molecular formula is C16H24N4O. The van der Waals surface area contributed by atoms with Crippen molar-refractivity contribution in [1.29, 1.82) is 0 Å². The molecule has 5 heteroatoms. The molecule has 2 unspecified atom stereocenters. The van der Waals surface area contributed by atoms with Crippen LogP contribution in [0.2, 0.25) is 0 Å². The van der Waals surface area contributed by atoms with Crippen molar-refractivity contribution in [2.75, 3.05) is 25.1 Å². The summed E-state index contributed by atoms with van der Waals surface area (Å²) in [7, 11) is 2.23. The molecular weight excluding hydrogens is 264 g/mol. The summed E-state index contributed by atoms with van der Waals surface area (Å²) in [5, 5.41) is 3.03. The summed E-state index contributed by atoms with van der Waals surface area (Å²) in [5.74, 6) is 0.483. The number of rotatable bonds is 3. The molecule has 2 aliphatic heterocycles. The minimum Gasteiger partial charge on any atom is -0.399 e. The van der Waals surface area contributed by atoms with Gasteiger partial charge < -0.3 is 21.7 Å². The van der Waals surface area contributed by atoms with Crippen LogP contribution in [0.1, 0.15) is 36.0 Å². The Morgan fingerprint density at radius 1 is 1.29 bits per heavy atom. The Balaban J connectivity index is 1.57. The van der Waals surface area contributed by atoms with Crippen molar-refractivity contribution in [1.82, 2.24) is 10.2 Å².